The maximum Gasteiger partial charge on any atom is 0.252 e. The average molecular weight is 356 g/mol. The Kier molecular flexibility index (Phi) is 6.55. The van der Waals surface area contributed by atoms with Crippen LogP contribution in [0.5, 0.6) is 0 Å². The van der Waals surface area contributed by atoms with Crippen LogP contribution in [0.4, 0.5) is 0 Å². The van der Waals surface area contributed by atoms with Crippen molar-refractivity contribution in [2.45, 2.75) is 19.4 Å². The zero-order chi connectivity index (χ0) is 18.2. The van der Waals surface area contributed by atoms with E-state index in [4.69, 9.17) is 16.9 Å². The molecule has 0 aliphatic rings. The van der Waals surface area contributed by atoms with E-state index in [1.165, 1.54) is 0 Å². The van der Waals surface area contributed by atoms with E-state index in [1.54, 1.807) is 30.3 Å². The molecule has 0 spiro atoms. The lowest BCUT2D eigenvalue weighted by atomic mass is 10.0. The normalized spacial score (nSPS) is 11.2. The van der Waals surface area contributed by atoms with Crippen LogP contribution in [-0.4, -0.2) is 24.4 Å². The second-order valence-electron chi connectivity index (χ2n) is 5.55. The van der Waals surface area contributed by atoms with Gasteiger partial charge in [0.2, 0.25) is 5.91 Å². The molecule has 25 heavy (non-hydrogen) atoms. The van der Waals surface area contributed by atoms with Crippen LogP contribution in [0, 0.1) is 18.3 Å². The first-order chi connectivity index (χ1) is 12.0. The number of nitriles is 1. The molecule has 0 aliphatic heterocycles. The van der Waals surface area contributed by atoms with E-state index in [9.17, 15) is 9.59 Å². The molecule has 2 aromatic rings. The number of halogens is 1. The third kappa shape index (κ3) is 5.33. The molecule has 0 saturated heterocycles. The third-order valence-corrected chi connectivity index (χ3v) is 3.92. The molecule has 6 heteroatoms. The maximum atomic E-state index is 12.5. The van der Waals surface area contributed by atoms with Crippen LogP contribution in [0.3, 0.4) is 0 Å². The fraction of sp³-hybridized carbons (Fsp3) is 0.211. The molecule has 0 fully saturated rings. The molecule has 2 amide bonds. The van der Waals surface area contributed by atoms with Crippen molar-refractivity contribution < 1.29 is 9.59 Å². The van der Waals surface area contributed by atoms with Gasteiger partial charge in [0.15, 0.2) is 0 Å². The predicted octanol–water partition coefficient (Wildman–Crippen LogP) is 2.63. The number of nitrogens with one attached hydrogen (secondary N) is 2. The Balaban J connectivity index is 2.19. The van der Waals surface area contributed by atoms with Crippen LogP contribution in [0.25, 0.3) is 0 Å². The highest BCUT2D eigenvalue weighted by Gasteiger charge is 2.22. The molecule has 0 radical (unpaired) electrons. The fourth-order valence-electron chi connectivity index (χ4n) is 2.42. The van der Waals surface area contributed by atoms with Gasteiger partial charge in [-0.3, -0.25) is 9.59 Å². The van der Waals surface area contributed by atoms with Gasteiger partial charge in [0.25, 0.3) is 5.91 Å². The van der Waals surface area contributed by atoms with Crippen molar-refractivity contribution in [3.05, 3.63) is 70.2 Å². The van der Waals surface area contributed by atoms with Crippen molar-refractivity contribution >= 4 is 23.4 Å². The lowest BCUT2D eigenvalue weighted by Crippen LogP contribution is -2.48. The number of amides is 2. The lowest BCUT2D eigenvalue weighted by molar-refractivity contribution is -0.122. The molecular weight excluding hydrogens is 338 g/mol. The standard InChI is InChI=1S/C19H18ClN3O2/c1-13-5-2-3-8-16(13)18(24)23-17(19(25)22-10-9-21)12-14-6-4-7-15(20)11-14/h2-8,11,17H,10,12H2,1H3,(H,22,25)(H,23,24)/t17-/m0/s1. The molecule has 0 aliphatic carbocycles. The number of hydrogen-bond acceptors (Lipinski definition) is 3. The quantitative estimate of drug-likeness (QED) is 0.781. The van der Waals surface area contributed by atoms with Gasteiger partial charge in [0, 0.05) is 17.0 Å². The van der Waals surface area contributed by atoms with Gasteiger partial charge in [-0.1, -0.05) is 41.9 Å². The Morgan fingerprint density at radius 3 is 2.64 bits per heavy atom. The van der Waals surface area contributed by atoms with E-state index >= 15 is 0 Å². The van der Waals surface area contributed by atoms with Crippen molar-refractivity contribution in [3.63, 3.8) is 0 Å². The van der Waals surface area contributed by atoms with Gasteiger partial charge in [-0.2, -0.15) is 5.26 Å². The molecule has 0 heterocycles. The molecule has 128 valence electrons. The molecule has 0 aromatic heterocycles. The Morgan fingerprint density at radius 2 is 1.96 bits per heavy atom. The SMILES string of the molecule is Cc1ccccc1C(=O)N[C@@H](Cc1cccc(Cl)c1)C(=O)NCC#N. The number of hydrogen-bond donors (Lipinski definition) is 2. The van der Waals surface area contributed by atoms with Crippen LogP contribution < -0.4 is 10.6 Å². The van der Waals surface area contributed by atoms with Gasteiger partial charge < -0.3 is 10.6 Å². The zero-order valence-electron chi connectivity index (χ0n) is 13.8. The van der Waals surface area contributed by atoms with Crippen LogP contribution >= 0.6 is 11.6 Å². The smallest absolute Gasteiger partial charge is 0.252 e. The van der Waals surface area contributed by atoms with E-state index in [0.29, 0.717) is 10.6 Å². The monoisotopic (exact) mass is 355 g/mol. The molecule has 2 rings (SSSR count). The Labute approximate surface area is 151 Å². The summed E-state index contributed by atoms with van der Waals surface area (Å²) in [7, 11) is 0. The summed E-state index contributed by atoms with van der Waals surface area (Å²) in [6, 6.07) is 15.3. The highest BCUT2D eigenvalue weighted by atomic mass is 35.5. The number of carbonyl (C=O) groups is 2. The highest BCUT2D eigenvalue weighted by Crippen LogP contribution is 2.13. The van der Waals surface area contributed by atoms with Crippen molar-refractivity contribution in [2.24, 2.45) is 0 Å². The summed E-state index contributed by atoms with van der Waals surface area (Å²) >= 11 is 5.98. The van der Waals surface area contributed by atoms with Gasteiger partial charge in [0.1, 0.15) is 12.6 Å². The molecule has 1 atom stereocenters. The first-order valence-electron chi connectivity index (χ1n) is 7.77. The molecule has 5 nitrogen and oxygen atoms in total. The number of nitrogens with zero attached hydrogens (tertiary/aromatic N) is 1. The van der Waals surface area contributed by atoms with Gasteiger partial charge >= 0.3 is 0 Å². The minimum absolute atomic E-state index is 0.120. The zero-order valence-corrected chi connectivity index (χ0v) is 14.5. The Morgan fingerprint density at radius 1 is 1.20 bits per heavy atom. The predicted molar refractivity (Wildman–Crippen MR) is 96.2 cm³/mol. The van der Waals surface area contributed by atoms with Crippen molar-refractivity contribution in [1.82, 2.24) is 10.6 Å². The number of benzene rings is 2. The largest absolute Gasteiger partial charge is 0.341 e. The Hall–Kier alpha value is -2.84. The van der Waals surface area contributed by atoms with Crippen molar-refractivity contribution in [3.8, 4) is 6.07 Å². The van der Waals surface area contributed by atoms with Gasteiger partial charge in [-0.05, 0) is 36.2 Å². The summed E-state index contributed by atoms with van der Waals surface area (Å²) in [4.78, 5) is 24.9. The van der Waals surface area contributed by atoms with Crippen LogP contribution in [-0.2, 0) is 11.2 Å². The first kappa shape index (κ1) is 18.5. The highest BCUT2D eigenvalue weighted by molar-refractivity contribution is 6.30. The third-order valence-electron chi connectivity index (χ3n) is 3.68. The minimum atomic E-state index is -0.807. The summed E-state index contributed by atoms with van der Waals surface area (Å²) in [5.41, 5.74) is 2.14. The van der Waals surface area contributed by atoms with Crippen molar-refractivity contribution in [1.29, 1.82) is 5.26 Å². The summed E-state index contributed by atoms with van der Waals surface area (Å²) in [5.74, 6) is -0.749. The average Bonchev–Trinajstić information content (AvgIpc) is 2.59. The fourth-order valence-corrected chi connectivity index (χ4v) is 2.64. The summed E-state index contributed by atoms with van der Waals surface area (Å²) in [6.07, 6.45) is 0.273. The second-order valence-corrected chi connectivity index (χ2v) is 5.99. The molecule has 2 aromatic carbocycles. The summed E-state index contributed by atoms with van der Waals surface area (Å²) < 4.78 is 0. The van der Waals surface area contributed by atoms with Gasteiger partial charge in [-0.25, -0.2) is 0 Å². The molecule has 0 saturated carbocycles. The first-order valence-corrected chi connectivity index (χ1v) is 8.14. The summed E-state index contributed by atoms with van der Waals surface area (Å²) in [5, 5.41) is 14.4. The Bertz CT molecular complexity index is 814. The number of aryl methyl sites for hydroxylation is 1. The van der Waals surface area contributed by atoms with E-state index in [-0.39, 0.29) is 18.9 Å². The van der Waals surface area contributed by atoms with E-state index in [1.807, 2.05) is 31.2 Å². The number of carbonyl (C=O) groups excluding carboxylic acids is 2. The minimum Gasteiger partial charge on any atom is -0.341 e. The van der Waals surface area contributed by atoms with E-state index in [2.05, 4.69) is 10.6 Å². The van der Waals surface area contributed by atoms with E-state index in [0.717, 1.165) is 11.1 Å². The van der Waals surface area contributed by atoms with Crippen LogP contribution in [0.2, 0.25) is 5.02 Å². The molecule has 0 bridgehead atoms. The summed E-state index contributed by atoms with van der Waals surface area (Å²) in [6.45, 7) is 1.71. The maximum absolute atomic E-state index is 12.5. The van der Waals surface area contributed by atoms with Gasteiger partial charge in [-0.15, -0.1) is 0 Å². The molecular formula is C19H18ClN3O2. The second kappa shape index (κ2) is 8.86. The van der Waals surface area contributed by atoms with Crippen LogP contribution in [0.1, 0.15) is 21.5 Å². The van der Waals surface area contributed by atoms with Crippen LogP contribution in [0.15, 0.2) is 48.5 Å². The molecule has 0 unspecified atom stereocenters. The lowest BCUT2D eigenvalue weighted by Gasteiger charge is -2.18. The molecule has 2 N–H and O–H groups in total. The van der Waals surface area contributed by atoms with Gasteiger partial charge in [0.05, 0.1) is 6.07 Å². The number of rotatable bonds is 6. The van der Waals surface area contributed by atoms with Crippen molar-refractivity contribution in [2.75, 3.05) is 6.54 Å². The topological polar surface area (TPSA) is 82.0 Å². The van der Waals surface area contributed by atoms with E-state index < -0.39 is 11.9 Å².